The van der Waals surface area contributed by atoms with Crippen LogP contribution in [-0.4, -0.2) is 16.1 Å². The molecule has 0 N–H and O–H groups in total. The van der Waals surface area contributed by atoms with Gasteiger partial charge < -0.3 is 0 Å². The summed E-state index contributed by atoms with van der Waals surface area (Å²) in [7, 11) is -2.20. The third-order valence-electron chi connectivity index (χ3n) is 3.46. The van der Waals surface area contributed by atoms with E-state index < -0.39 is 16.1 Å². The minimum atomic E-state index is -1.10. The van der Waals surface area contributed by atoms with E-state index in [1.54, 1.807) is 0 Å². The molecule has 0 saturated carbocycles. The van der Waals surface area contributed by atoms with Crippen LogP contribution in [0.3, 0.4) is 0 Å². The number of allylic oxidation sites excluding steroid dienone is 1. The molecule has 0 atom stereocenters. The van der Waals surface area contributed by atoms with Crippen LogP contribution in [-0.2, 0) is 0 Å². The van der Waals surface area contributed by atoms with Gasteiger partial charge in [0.1, 0.15) is 21.0 Å². The third kappa shape index (κ3) is 3.27. The maximum absolute atomic E-state index is 3.88. The van der Waals surface area contributed by atoms with Crippen molar-refractivity contribution < 1.29 is 0 Å². The highest BCUT2D eigenvalue weighted by Crippen LogP contribution is 2.40. The van der Waals surface area contributed by atoms with Crippen molar-refractivity contribution in [3.05, 3.63) is 10.9 Å². The fourth-order valence-corrected chi connectivity index (χ4v) is 15.3. The van der Waals surface area contributed by atoms with Gasteiger partial charge in [0.2, 0.25) is 6.08 Å². The smallest absolute Gasteiger partial charge is 0.0619 e. The Hall–Kier alpha value is 0.0838. The van der Waals surface area contributed by atoms with Gasteiger partial charge in [0, 0.05) is 0 Å². The number of hydrogen-bond donors (Lipinski definition) is 0. The summed E-state index contributed by atoms with van der Waals surface area (Å²) in [6.07, 6.45) is 5.36. The van der Waals surface area contributed by atoms with Gasteiger partial charge in [0.05, 0.1) is 0 Å². The molecule has 0 bridgehead atoms. The van der Waals surface area contributed by atoms with Gasteiger partial charge in [-0.15, -0.1) is 0 Å². The quantitative estimate of drug-likeness (QED) is 0.426. The predicted molar refractivity (Wildman–Crippen MR) is 75.4 cm³/mol. The third-order valence-corrected chi connectivity index (χ3v) is 13.7. The van der Waals surface area contributed by atoms with Crippen molar-refractivity contribution >= 4 is 16.1 Å². The fraction of sp³-hybridized carbons (Fsp3) is 0.846. The van der Waals surface area contributed by atoms with Crippen LogP contribution < -0.4 is 0 Å². The summed E-state index contributed by atoms with van der Waals surface area (Å²) < 4.78 is 0. The van der Waals surface area contributed by atoms with Crippen molar-refractivity contribution in [3.63, 3.8) is 0 Å². The van der Waals surface area contributed by atoms with Crippen molar-refractivity contribution in [1.29, 1.82) is 0 Å². The lowest BCUT2D eigenvalue weighted by Crippen LogP contribution is -2.48. The summed E-state index contributed by atoms with van der Waals surface area (Å²) in [6, 6.07) is 2.98. The Labute approximate surface area is 98.2 Å². The Morgan fingerprint density at radius 2 is 1.33 bits per heavy atom. The largest absolute Gasteiger partial charge is 0.215 e. The first-order valence-corrected chi connectivity index (χ1v) is 12.6. The Morgan fingerprint density at radius 1 is 0.933 bits per heavy atom. The van der Waals surface area contributed by atoms with E-state index in [1.165, 1.54) is 18.5 Å². The predicted octanol–water partition coefficient (Wildman–Crippen LogP) is 4.66. The van der Waals surface area contributed by atoms with Crippen LogP contribution in [0.2, 0.25) is 38.3 Å². The molecular formula is C13H27Si2+. The molecule has 0 aromatic carbocycles. The van der Waals surface area contributed by atoms with Crippen LogP contribution in [0.5, 0.6) is 0 Å². The second kappa shape index (κ2) is 3.83. The lowest BCUT2D eigenvalue weighted by molar-refractivity contribution is 0.523. The molecule has 15 heavy (non-hydrogen) atoms. The van der Waals surface area contributed by atoms with E-state index in [-0.39, 0.29) is 5.41 Å². The normalized spacial score (nSPS) is 24.9. The molecule has 0 radical (unpaired) electrons. The second-order valence-electron chi connectivity index (χ2n) is 7.37. The first-order valence-electron chi connectivity index (χ1n) is 6.21. The molecule has 1 rings (SSSR count). The second-order valence-corrected chi connectivity index (χ2v) is 17.4. The Kier molecular flexibility index (Phi) is 3.36. The average molecular weight is 240 g/mol. The lowest BCUT2D eigenvalue weighted by Gasteiger charge is -2.35. The Bertz CT molecular complexity index is 249. The standard InChI is InChI=1S/C13H27Si2/c1-13(2,3)11-12-14(4,5)9-8-10-15(12,6)7/h8-10H2,1-7H3/q+1. The Balaban J connectivity index is 3.13. The van der Waals surface area contributed by atoms with E-state index in [9.17, 15) is 0 Å². The van der Waals surface area contributed by atoms with Crippen LogP contribution >= 0.6 is 0 Å². The molecular weight excluding hydrogens is 212 g/mol. The molecule has 0 spiro atoms. The highest BCUT2D eigenvalue weighted by atomic mass is 28.4. The van der Waals surface area contributed by atoms with E-state index in [1.807, 2.05) is 4.82 Å². The summed E-state index contributed by atoms with van der Waals surface area (Å²) in [6.45, 7) is 17.1. The molecule has 0 aromatic rings. The molecule has 0 aromatic heterocycles. The van der Waals surface area contributed by atoms with Crippen LogP contribution in [0.25, 0.3) is 0 Å². The maximum Gasteiger partial charge on any atom is 0.215 e. The van der Waals surface area contributed by atoms with Crippen LogP contribution in [0.15, 0.2) is 4.82 Å². The van der Waals surface area contributed by atoms with E-state index >= 15 is 0 Å². The van der Waals surface area contributed by atoms with Crippen molar-refractivity contribution in [2.24, 2.45) is 5.41 Å². The van der Waals surface area contributed by atoms with Crippen molar-refractivity contribution in [3.8, 4) is 0 Å². The number of rotatable bonds is 0. The monoisotopic (exact) mass is 239 g/mol. The van der Waals surface area contributed by atoms with Gasteiger partial charge in [-0.05, 0) is 20.8 Å². The summed E-state index contributed by atoms with van der Waals surface area (Å²) in [4.78, 5) is 1.83. The summed E-state index contributed by atoms with van der Waals surface area (Å²) >= 11 is 0. The van der Waals surface area contributed by atoms with Crippen LogP contribution in [0.1, 0.15) is 27.2 Å². The van der Waals surface area contributed by atoms with Gasteiger partial charge in [-0.3, -0.25) is 0 Å². The zero-order valence-corrected chi connectivity index (χ0v) is 13.6. The first kappa shape index (κ1) is 13.2. The average Bonchev–Trinajstić information content (AvgIpc) is 1.95. The van der Waals surface area contributed by atoms with Gasteiger partial charge in [-0.1, -0.05) is 44.7 Å². The molecule has 1 saturated heterocycles. The van der Waals surface area contributed by atoms with Gasteiger partial charge in [0.15, 0.2) is 5.41 Å². The minimum absolute atomic E-state index is 0.251. The first-order chi connectivity index (χ1) is 6.55. The van der Waals surface area contributed by atoms with Crippen molar-refractivity contribution in [2.45, 2.75) is 65.5 Å². The van der Waals surface area contributed by atoms with Crippen molar-refractivity contribution in [2.75, 3.05) is 0 Å². The van der Waals surface area contributed by atoms with Crippen LogP contribution in [0.4, 0.5) is 0 Å². The highest BCUT2D eigenvalue weighted by Gasteiger charge is 2.50. The molecule has 1 aliphatic heterocycles. The molecule has 1 heterocycles. The molecule has 0 amide bonds. The topological polar surface area (TPSA) is 0 Å². The molecule has 0 aliphatic carbocycles. The highest BCUT2D eigenvalue weighted by molar-refractivity contribution is 7.06. The van der Waals surface area contributed by atoms with Gasteiger partial charge in [0.25, 0.3) is 0 Å². The van der Waals surface area contributed by atoms with Crippen LogP contribution in [0, 0.1) is 11.5 Å². The molecule has 1 aliphatic rings. The van der Waals surface area contributed by atoms with Gasteiger partial charge in [-0.25, -0.2) is 0 Å². The summed E-state index contributed by atoms with van der Waals surface area (Å²) in [5.74, 6) is 0. The number of hydrogen-bond acceptors (Lipinski definition) is 0. The molecule has 0 nitrogen and oxygen atoms in total. The van der Waals surface area contributed by atoms with Crippen molar-refractivity contribution in [1.82, 2.24) is 0 Å². The molecule has 2 heteroatoms. The zero-order chi connectivity index (χ0) is 11.9. The molecule has 86 valence electrons. The molecule has 0 unspecified atom stereocenters. The molecule has 1 fully saturated rings. The maximum atomic E-state index is 3.88. The Morgan fingerprint density at radius 3 is 1.67 bits per heavy atom. The van der Waals surface area contributed by atoms with E-state index in [4.69, 9.17) is 0 Å². The summed E-state index contributed by atoms with van der Waals surface area (Å²) in [5.41, 5.74) is 0.251. The zero-order valence-electron chi connectivity index (χ0n) is 11.6. The fourth-order valence-electron chi connectivity index (χ4n) is 2.85. The lowest BCUT2D eigenvalue weighted by atomic mass is 9.98. The van der Waals surface area contributed by atoms with Gasteiger partial charge >= 0.3 is 0 Å². The van der Waals surface area contributed by atoms with Gasteiger partial charge in [-0.2, -0.15) is 0 Å². The SMILES string of the molecule is CC(C)(C)[C+]=C1[Si](C)(C)CCC[Si]1(C)C. The van der Waals surface area contributed by atoms with E-state index in [0.29, 0.717) is 0 Å². The minimum Gasteiger partial charge on any atom is -0.0619 e. The van der Waals surface area contributed by atoms with E-state index in [0.717, 1.165) is 0 Å². The summed E-state index contributed by atoms with van der Waals surface area (Å²) in [5, 5.41) is 0. The van der Waals surface area contributed by atoms with E-state index in [2.05, 4.69) is 53.0 Å².